The monoisotopic (exact) mass is 357 g/mol. The number of carbonyl (C=O) groups is 1. The molecule has 0 atom stereocenters. The Morgan fingerprint density at radius 2 is 2.08 bits per heavy atom. The van der Waals surface area contributed by atoms with Crippen molar-refractivity contribution in [3.8, 4) is 11.5 Å². The molecule has 0 unspecified atom stereocenters. The molecule has 0 heterocycles. The number of carbonyl (C=O) groups excluding carboxylic acids is 1. The Labute approximate surface area is 152 Å². The molecule has 0 aliphatic carbocycles. The molecule has 1 amide bonds. The zero-order chi connectivity index (χ0) is 18.1. The minimum atomic E-state index is -0.189. The van der Waals surface area contributed by atoms with Gasteiger partial charge in [-0.05, 0) is 41.5 Å². The van der Waals surface area contributed by atoms with E-state index in [-0.39, 0.29) is 5.91 Å². The largest absolute Gasteiger partial charge is 0.493 e. The lowest BCUT2D eigenvalue weighted by molar-refractivity contribution is -0.116. The Morgan fingerprint density at radius 1 is 1.24 bits per heavy atom. The Hall–Kier alpha value is -2.72. The molecule has 2 aromatic rings. The lowest BCUT2D eigenvalue weighted by Crippen LogP contribution is -2.20. The van der Waals surface area contributed by atoms with E-state index in [1.165, 1.54) is 6.08 Å². The lowest BCUT2D eigenvalue weighted by atomic mass is 10.2. The van der Waals surface area contributed by atoms with Crippen LogP contribution in [0.5, 0.6) is 11.5 Å². The third-order valence-electron chi connectivity index (χ3n) is 3.33. The molecular weight excluding hydrogens is 338 g/mol. The van der Waals surface area contributed by atoms with Crippen molar-refractivity contribution < 1.29 is 14.3 Å². The van der Waals surface area contributed by atoms with Crippen LogP contribution in [0.4, 0.5) is 0 Å². The number of hydrogen-bond acceptors (Lipinski definition) is 3. The van der Waals surface area contributed by atoms with Gasteiger partial charge in [0, 0.05) is 17.6 Å². The highest BCUT2D eigenvalue weighted by Crippen LogP contribution is 2.28. The fraction of sp³-hybridized carbons (Fsp3) is 0.150. The van der Waals surface area contributed by atoms with Crippen LogP contribution in [0, 0.1) is 0 Å². The zero-order valence-corrected chi connectivity index (χ0v) is 14.8. The van der Waals surface area contributed by atoms with Crippen LogP contribution in [0.15, 0.2) is 61.2 Å². The summed E-state index contributed by atoms with van der Waals surface area (Å²) >= 11 is 5.92. The second-order valence-corrected chi connectivity index (χ2v) is 5.63. The Kier molecular flexibility index (Phi) is 7.11. The van der Waals surface area contributed by atoms with Gasteiger partial charge in [-0.1, -0.05) is 42.5 Å². The van der Waals surface area contributed by atoms with Gasteiger partial charge in [-0.25, -0.2) is 0 Å². The lowest BCUT2D eigenvalue weighted by Gasteiger charge is -2.09. The van der Waals surface area contributed by atoms with Crippen LogP contribution < -0.4 is 14.8 Å². The van der Waals surface area contributed by atoms with Crippen molar-refractivity contribution in [2.75, 3.05) is 13.7 Å². The van der Waals surface area contributed by atoms with Gasteiger partial charge >= 0.3 is 0 Å². The van der Waals surface area contributed by atoms with Crippen molar-refractivity contribution in [1.29, 1.82) is 0 Å². The normalized spacial score (nSPS) is 10.5. The number of amides is 1. The van der Waals surface area contributed by atoms with Crippen LogP contribution in [0.1, 0.15) is 11.1 Å². The van der Waals surface area contributed by atoms with Gasteiger partial charge in [0.15, 0.2) is 11.5 Å². The van der Waals surface area contributed by atoms with Crippen molar-refractivity contribution in [2.45, 2.75) is 6.54 Å². The molecule has 0 aromatic heterocycles. The highest BCUT2D eigenvalue weighted by Gasteiger charge is 2.04. The van der Waals surface area contributed by atoms with E-state index in [1.807, 2.05) is 24.3 Å². The summed E-state index contributed by atoms with van der Waals surface area (Å²) in [5, 5.41) is 3.46. The standard InChI is InChI=1S/C20H20ClNO3/c1-3-11-25-18-9-7-15(13-19(18)24-2)8-10-20(23)22-14-16-5-4-6-17(21)12-16/h3-10,12-13H,1,11,14H2,2H3,(H,22,23)/b10-8+. The molecule has 4 nitrogen and oxygen atoms in total. The summed E-state index contributed by atoms with van der Waals surface area (Å²) in [5.74, 6) is 1.04. The SMILES string of the molecule is C=CCOc1ccc(/C=C/C(=O)NCc2cccc(Cl)c2)cc1OC. The topological polar surface area (TPSA) is 47.6 Å². The number of methoxy groups -OCH3 is 1. The van der Waals surface area contributed by atoms with Crippen LogP contribution in [-0.2, 0) is 11.3 Å². The summed E-state index contributed by atoms with van der Waals surface area (Å²) in [6, 6.07) is 12.8. The van der Waals surface area contributed by atoms with Crippen LogP contribution in [0.3, 0.4) is 0 Å². The number of halogens is 1. The third-order valence-corrected chi connectivity index (χ3v) is 3.56. The van der Waals surface area contributed by atoms with Gasteiger partial charge in [-0.15, -0.1) is 0 Å². The van der Waals surface area contributed by atoms with Crippen LogP contribution in [0.25, 0.3) is 6.08 Å². The molecule has 0 saturated carbocycles. The second kappa shape index (κ2) is 9.55. The maximum absolute atomic E-state index is 11.9. The highest BCUT2D eigenvalue weighted by molar-refractivity contribution is 6.30. The summed E-state index contributed by atoms with van der Waals surface area (Å²) in [4.78, 5) is 11.9. The Bertz CT molecular complexity index is 771. The fourth-order valence-electron chi connectivity index (χ4n) is 2.12. The van der Waals surface area contributed by atoms with E-state index in [4.69, 9.17) is 21.1 Å². The van der Waals surface area contributed by atoms with Crippen molar-refractivity contribution in [3.05, 3.63) is 77.3 Å². The summed E-state index contributed by atoms with van der Waals surface area (Å²) in [7, 11) is 1.57. The van der Waals surface area contributed by atoms with E-state index in [2.05, 4.69) is 11.9 Å². The maximum atomic E-state index is 11.9. The molecule has 1 N–H and O–H groups in total. The second-order valence-electron chi connectivity index (χ2n) is 5.19. The molecule has 0 saturated heterocycles. The van der Waals surface area contributed by atoms with E-state index >= 15 is 0 Å². The molecule has 25 heavy (non-hydrogen) atoms. The highest BCUT2D eigenvalue weighted by atomic mass is 35.5. The van der Waals surface area contributed by atoms with Crippen LogP contribution in [-0.4, -0.2) is 19.6 Å². The van der Waals surface area contributed by atoms with Crippen molar-refractivity contribution >= 4 is 23.6 Å². The van der Waals surface area contributed by atoms with Gasteiger partial charge in [0.2, 0.25) is 5.91 Å². The predicted molar refractivity (Wildman–Crippen MR) is 101 cm³/mol. The van der Waals surface area contributed by atoms with Gasteiger partial charge in [-0.2, -0.15) is 0 Å². The summed E-state index contributed by atoms with van der Waals surface area (Å²) in [6.07, 6.45) is 4.86. The van der Waals surface area contributed by atoms with Gasteiger partial charge in [0.1, 0.15) is 6.61 Å². The van der Waals surface area contributed by atoms with E-state index in [1.54, 1.807) is 37.5 Å². The first kappa shape index (κ1) is 18.6. The quantitative estimate of drug-likeness (QED) is 0.567. The minimum Gasteiger partial charge on any atom is -0.493 e. The molecule has 0 radical (unpaired) electrons. The molecule has 130 valence electrons. The van der Waals surface area contributed by atoms with Gasteiger partial charge in [0.05, 0.1) is 7.11 Å². The molecule has 0 spiro atoms. The van der Waals surface area contributed by atoms with Crippen molar-refractivity contribution in [2.24, 2.45) is 0 Å². The van der Waals surface area contributed by atoms with Crippen LogP contribution in [0.2, 0.25) is 5.02 Å². The van der Waals surface area contributed by atoms with E-state index in [0.29, 0.717) is 29.7 Å². The zero-order valence-electron chi connectivity index (χ0n) is 14.0. The summed E-state index contributed by atoms with van der Waals surface area (Å²) in [5.41, 5.74) is 1.78. The average Bonchev–Trinajstić information content (AvgIpc) is 2.63. The smallest absolute Gasteiger partial charge is 0.244 e. The summed E-state index contributed by atoms with van der Waals surface area (Å²) in [6.45, 7) is 4.43. The van der Waals surface area contributed by atoms with Gasteiger partial charge in [0.25, 0.3) is 0 Å². The molecular formula is C20H20ClNO3. The number of hydrogen-bond donors (Lipinski definition) is 1. The Balaban J connectivity index is 1.95. The number of benzene rings is 2. The third kappa shape index (κ3) is 6.01. The maximum Gasteiger partial charge on any atom is 0.244 e. The first-order valence-electron chi connectivity index (χ1n) is 7.74. The first-order chi connectivity index (χ1) is 12.1. The van der Waals surface area contributed by atoms with Gasteiger partial charge in [-0.3, -0.25) is 4.79 Å². The molecule has 2 aromatic carbocycles. The first-order valence-corrected chi connectivity index (χ1v) is 8.12. The minimum absolute atomic E-state index is 0.189. The van der Waals surface area contributed by atoms with E-state index in [9.17, 15) is 4.79 Å². The molecule has 0 bridgehead atoms. The van der Waals surface area contributed by atoms with E-state index < -0.39 is 0 Å². The van der Waals surface area contributed by atoms with Gasteiger partial charge < -0.3 is 14.8 Å². The molecule has 5 heteroatoms. The predicted octanol–water partition coefficient (Wildman–Crippen LogP) is 4.24. The Morgan fingerprint density at radius 3 is 2.80 bits per heavy atom. The molecule has 0 aliphatic rings. The molecule has 2 rings (SSSR count). The van der Waals surface area contributed by atoms with Crippen molar-refractivity contribution in [1.82, 2.24) is 5.32 Å². The molecule has 0 fully saturated rings. The van der Waals surface area contributed by atoms with E-state index in [0.717, 1.165) is 11.1 Å². The number of ether oxygens (including phenoxy) is 2. The van der Waals surface area contributed by atoms with Crippen LogP contribution >= 0.6 is 11.6 Å². The fourth-order valence-corrected chi connectivity index (χ4v) is 2.34. The molecule has 0 aliphatic heterocycles. The number of nitrogens with one attached hydrogen (secondary N) is 1. The summed E-state index contributed by atoms with van der Waals surface area (Å²) < 4.78 is 10.8. The number of rotatable bonds is 8. The van der Waals surface area contributed by atoms with Crippen molar-refractivity contribution in [3.63, 3.8) is 0 Å². The average molecular weight is 358 g/mol.